The Morgan fingerprint density at radius 3 is 2.31 bits per heavy atom. The van der Waals surface area contributed by atoms with E-state index in [1.807, 2.05) is 0 Å². The van der Waals surface area contributed by atoms with Gasteiger partial charge in [-0.3, -0.25) is 4.57 Å². The minimum absolute atomic E-state index is 0.427. The molecule has 78 valence electrons. The Kier molecular flexibility index (Phi) is 3.92. The van der Waals surface area contributed by atoms with E-state index in [1.54, 1.807) is 0 Å². The van der Waals surface area contributed by atoms with Crippen LogP contribution < -0.4 is 5.73 Å². The van der Waals surface area contributed by atoms with Gasteiger partial charge in [-0.25, -0.2) is 0 Å². The van der Waals surface area contributed by atoms with E-state index in [4.69, 9.17) is 15.5 Å². The molecule has 0 heterocycles. The van der Waals surface area contributed by atoms with Crippen LogP contribution in [0.4, 0.5) is 0 Å². The van der Waals surface area contributed by atoms with Crippen molar-refractivity contribution in [1.29, 1.82) is 0 Å². The van der Waals surface area contributed by atoms with Gasteiger partial charge in [-0.2, -0.15) is 0 Å². The Labute approximate surface area is 78.7 Å². The highest BCUT2D eigenvalue weighted by Crippen LogP contribution is 2.42. The molecule has 1 rings (SSSR count). The van der Waals surface area contributed by atoms with E-state index in [0.29, 0.717) is 12.3 Å². The summed E-state index contributed by atoms with van der Waals surface area (Å²) < 4.78 is 10.8. The van der Waals surface area contributed by atoms with Gasteiger partial charge >= 0.3 is 7.60 Å². The second kappa shape index (κ2) is 4.56. The molecular formula is C8H18NO3P. The van der Waals surface area contributed by atoms with Gasteiger partial charge in [0.1, 0.15) is 5.78 Å². The monoisotopic (exact) mass is 207 g/mol. The lowest BCUT2D eigenvalue weighted by Crippen LogP contribution is -2.24. The highest BCUT2D eigenvalue weighted by molar-refractivity contribution is 7.52. The van der Waals surface area contributed by atoms with E-state index >= 15 is 0 Å². The summed E-state index contributed by atoms with van der Waals surface area (Å²) in [4.78, 5) is 17.6. The van der Waals surface area contributed by atoms with E-state index in [-0.39, 0.29) is 0 Å². The van der Waals surface area contributed by atoms with Crippen molar-refractivity contribution in [2.75, 3.05) is 0 Å². The van der Waals surface area contributed by atoms with Crippen LogP contribution in [0, 0.1) is 5.92 Å². The summed E-state index contributed by atoms with van der Waals surface area (Å²) in [6.45, 7) is 0. The third-order valence-corrected chi connectivity index (χ3v) is 3.81. The first-order valence-corrected chi connectivity index (χ1v) is 6.49. The number of hydrogen-bond donors (Lipinski definition) is 3. The molecule has 0 spiro atoms. The summed E-state index contributed by atoms with van der Waals surface area (Å²) >= 11 is 0. The molecular weight excluding hydrogens is 189 g/mol. The predicted octanol–water partition coefficient (Wildman–Crippen LogP) is 1.42. The van der Waals surface area contributed by atoms with E-state index < -0.39 is 13.4 Å². The van der Waals surface area contributed by atoms with Crippen molar-refractivity contribution in [3.63, 3.8) is 0 Å². The van der Waals surface area contributed by atoms with Crippen molar-refractivity contribution >= 4 is 7.60 Å². The normalized spacial score (nSPS) is 23.0. The van der Waals surface area contributed by atoms with Crippen LogP contribution in [0.1, 0.15) is 38.5 Å². The fourth-order valence-electron chi connectivity index (χ4n) is 1.90. The fraction of sp³-hybridized carbons (Fsp3) is 1.00. The van der Waals surface area contributed by atoms with Crippen LogP contribution in [0.2, 0.25) is 0 Å². The maximum Gasteiger partial charge on any atom is 0.342 e. The van der Waals surface area contributed by atoms with Crippen molar-refractivity contribution < 1.29 is 14.4 Å². The first-order valence-electron chi connectivity index (χ1n) is 4.81. The zero-order chi connectivity index (χ0) is 9.90. The summed E-state index contributed by atoms with van der Waals surface area (Å²) in [7, 11) is -4.05. The highest BCUT2D eigenvalue weighted by Gasteiger charge is 2.28. The summed E-state index contributed by atoms with van der Waals surface area (Å²) in [6.07, 6.45) is 6.24. The molecule has 1 unspecified atom stereocenters. The Morgan fingerprint density at radius 1 is 1.31 bits per heavy atom. The first kappa shape index (κ1) is 11.2. The van der Waals surface area contributed by atoms with Crippen LogP contribution in [-0.4, -0.2) is 15.6 Å². The molecule has 0 amide bonds. The molecule has 0 aromatic heterocycles. The van der Waals surface area contributed by atoms with E-state index in [2.05, 4.69) is 0 Å². The second-order valence-electron chi connectivity index (χ2n) is 3.90. The molecule has 1 fully saturated rings. The number of hydrogen-bond acceptors (Lipinski definition) is 2. The fourth-order valence-corrected chi connectivity index (χ4v) is 2.47. The number of rotatable bonds is 3. The van der Waals surface area contributed by atoms with Crippen molar-refractivity contribution in [1.82, 2.24) is 0 Å². The average Bonchev–Trinajstić information content (AvgIpc) is 2.04. The third kappa shape index (κ3) is 3.77. The summed E-state index contributed by atoms with van der Waals surface area (Å²) in [5.41, 5.74) is 5.42. The number of nitrogens with two attached hydrogens (primary N) is 1. The summed E-state index contributed by atoms with van der Waals surface area (Å²) in [5, 5.41) is 0. The second-order valence-corrected chi connectivity index (χ2v) is 5.74. The molecule has 4 nitrogen and oxygen atoms in total. The average molecular weight is 207 g/mol. The molecule has 5 heteroatoms. The zero-order valence-corrected chi connectivity index (χ0v) is 8.62. The molecule has 1 saturated carbocycles. The van der Waals surface area contributed by atoms with E-state index in [9.17, 15) is 4.57 Å². The molecule has 0 radical (unpaired) electrons. The van der Waals surface area contributed by atoms with Crippen LogP contribution in [-0.2, 0) is 4.57 Å². The van der Waals surface area contributed by atoms with E-state index in [1.165, 1.54) is 19.3 Å². The summed E-state index contributed by atoms with van der Waals surface area (Å²) in [6, 6.07) is 0. The lowest BCUT2D eigenvalue weighted by atomic mass is 9.87. The molecule has 0 aromatic rings. The van der Waals surface area contributed by atoms with Crippen molar-refractivity contribution in [2.45, 2.75) is 44.3 Å². The quantitative estimate of drug-likeness (QED) is 0.611. The van der Waals surface area contributed by atoms with Gasteiger partial charge in [-0.1, -0.05) is 32.1 Å². The maximum absolute atomic E-state index is 10.8. The first-order chi connectivity index (χ1) is 6.00. The minimum atomic E-state index is -4.05. The Hall–Kier alpha value is 0.110. The molecule has 4 N–H and O–H groups in total. The zero-order valence-electron chi connectivity index (χ0n) is 7.72. The van der Waals surface area contributed by atoms with Gasteiger partial charge in [0.25, 0.3) is 0 Å². The van der Waals surface area contributed by atoms with Crippen LogP contribution >= 0.6 is 7.60 Å². The van der Waals surface area contributed by atoms with E-state index in [0.717, 1.165) is 12.8 Å². The molecule has 1 aliphatic rings. The van der Waals surface area contributed by atoms with Crippen LogP contribution in [0.3, 0.4) is 0 Å². The molecule has 0 bridgehead atoms. The summed E-state index contributed by atoms with van der Waals surface area (Å²) in [5.74, 6) is -0.521. The molecule has 0 saturated heterocycles. The van der Waals surface area contributed by atoms with Gasteiger partial charge in [0.15, 0.2) is 0 Å². The Balaban J connectivity index is 2.34. The standard InChI is InChI=1S/C8H18NO3P/c9-8(13(10,11)12)6-7-4-2-1-3-5-7/h7-8H,1-6,9H2,(H2,10,11,12). The van der Waals surface area contributed by atoms with Crippen molar-refractivity contribution in [3.05, 3.63) is 0 Å². The molecule has 1 aliphatic carbocycles. The van der Waals surface area contributed by atoms with Crippen LogP contribution in [0.25, 0.3) is 0 Å². The van der Waals surface area contributed by atoms with Gasteiger partial charge in [-0.15, -0.1) is 0 Å². The van der Waals surface area contributed by atoms with Gasteiger partial charge in [0, 0.05) is 0 Å². The van der Waals surface area contributed by atoms with Gasteiger partial charge in [0.05, 0.1) is 0 Å². The van der Waals surface area contributed by atoms with Gasteiger partial charge < -0.3 is 15.5 Å². The third-order valence-electron chi connectivity index (χ3n) is 2.73. The minimum Gasteiger partial charge on any atom is -0.323 e. The van der Waals surface area contributed by atoms with Crippen molar-refractivity contribution in [2.24, 2.45) is 11.7 Å². The largest absolute Gasteiger partial charge is 0.342 e. The van der Waals surface area contributed by atoms with Gasteiger partial charge in [0.2, 0.25) is 0 Å². The highest BCUT2D eigenvalue weighted by atomic mass is 31.2. The Morgan fingerprint density at radius 2 is 1.85 bits per heavy atom. The lowest BCUT2D eigenvalue weighted by molar-refractivity contribution is 0.306. The lowest BCUT2D eigenvalue weighted by Gasteiger charge is -2.24. The molecule has 0 aromatic carbocycles. The molecule has 0 aliphatic heterocycles. The predicted molar refractivity (Wildman–Crippen MR) is 51.2 cm³/mol. The molecule has 13 heavy (non-hydrogen) atoms. The van der Waals surface area contributed by atoms with Crippen molar-refractivity contribution in [3.8, 4) is 0 Å². The SMILES string of the molecule is NC(CC1CCCCC1)P(=O)(O)O. The van der Waals surface area contributed by atoms with Crippen LogP contribution in [0.15, 0.2) is 0 Å². The topological polar surface area (TPSA) is 83.6 Å². The maximum atomic E-state index is 10.8. The Bertz CT molecular complexity index is 198. The molecule has 1 atom stereocenters. The van der Waals surface area contributed by atoms with Gasteiger partial charge in [-0.05, 0) is 12.3 Å². The van der Waals surface area contributed by atoms with Crippen LogP contribution in [0.5, 0.6) is 0 Å². The smallest absolute Gasteiger partial charge is 0.323 e.